The number of hydrogen-bond donors (Lipinski definition) is 3. The topological polar surface area (TPSA) is 70.6 Å². The van der Waals surface area contributed by atoms with Gasteiger partial charge in [0.25, 0.3) is 5.91 Å². The molecular weight excluding hydrogens is 292 g/mol. The Hall–Kier alpha value is -0.360. The lowest BCUT2D eigenvalue weighted by atomic mass is 9.82. The number of piperidine rings is 1. The van der Waals surface area contributed by atoms with Gasteiger partial charge in [-0.3, -0.25) is 4.79 Å². The van der Waals surface area contributed by atoms with E-state index < -0.39 is 5.60 Å². The maximum Gasteiger partial charge on any atom is 0.252 e. The van der Waals surface area contributed by atoms with Gasteiger partial charge >= 0.3 is 0 Å². The second-order valence-corrected chi connectivity index (χ2v) is 6.31. The van der Waals surface area contributed by atoms with Crippen LogP contribution in [0.1, 0.15) is 44.9 Å². The minimum absolute atomic E-state index is 0. The van der Waals surface area contributed by atoms with Crippen LogP contribution in [0.15, 0.2) is 0 Å². The van der Waals surface area contributed by atoms with E-state index in [4.69, 9.17) is 4.74 Å². The number of carbonyl (C=O) groups is 1. The Balaban J connectivity index is 0.00000220. The van der Waals surface area contributed by atoms with Gasteiger partial charge in [-0.2, -0.15) is 0 Å². The molecule has 2 aliphatic rings. The van der Waals surface area contributed by atoms with Gasteiger partial charge in [0, 0.05) is 20.3 Å². The molecule has 1 aliphatic carbocycles. The molecule has 1 saturated heterocycles. The molecule has 0 radical (unpaired) electrons. The third-order valence-corrected chi connectivity index (χ3v) is 5.15. The SMILES string of the molecule is COC1(C(=O)NCC2(CCO)CCCC2)CCNCC1.Cl. The summed E-state index contributed by atoms with van der Waals surface area (Å²) in [5, 5.41) is 15.6. The maximum atomic E-state index is 12.5. The molecule has 1 saturated carbocycles. The first kappa shape index (κ1) is 18.7. The van der Waals surface area contributed by atoms with E-state index in [0.29, 0.717) is 6.54 Å². The van der Waals surface area contributed by atoms with Crippen LogP contribution in [0.4, 0.5) is 0 Å². The van der Waals surface area contributed by atoms with Gasteiger partial charge in [-0.15, -0.1) is 12.4 Å². The third-order valence-electron chi connectivity index (χ3n) is 5.15. The van der Waals surface area contributed by atoms with E-state index in [2.05, 4.69) is 10.6 Å². The Morgan fingerprint density at radius 3 is 2.38 bits per heavy atom. The van der Waals surface area contributed by atoms with Gasteiger partial charge in [-0.25, -0.2) is 0 Å². The molecule has 21 heavy (non-hydrogen) atoms. The molecule has 0 bridgehead atoms. The average Bonchev–Trinajstić information content (AvgIpc) is 2.95. The van der Waals surface area contributed by atoms with Crippen molar-refractivity contribution in [2.45, 2.75) is 50.5 Å². The van der Waals surface area contributed by atoms with Crippen LogP contribution < -0.4 is 10.6 Å². The molecule has 0 spiro atoms. The number of methoxy groups -OCH3 is 1. The van der Waals surface area contributed by atoms with E-state index in [9.17, 15) is 9.90 Å². The first-order valence-corrected chi connectivity index (χ1v) is 7.81. The van der Waals surface area contributed by atoms with Gasteiger partial charge in [-0.05, 0) is 50.6 Å². The summed E-state index contributed by atoms with van der Waals surface area (Å²) in [7, 11) is 1.63. The minimum atomic E-state index is -0.662. The molecule has 3 N–H and O–H groups in total. The lowest BCUT2D eigenvalue weighted by Crippen LogP contribution is -2.55. The molecule has 0 aromatic heterocycles. The van der Waals surface area contributed by atoms with Crippen molar-refractivity contribution in [3.8, 4) is 0 Å². The summed E-state index contributed by atoms with van der Waals surface area (Å²) in [5.41, 5.74) is -0.559. The summed E-state index contributed by atoms with van der Waals surface area (Å²) in [6.07, 6.45) is 6.86. The molecule has 124 valence electrons. The zero-order valence-corrected chi connectivity index (χ0v) is 13.8. The van der Waals surface area contributed by atoms with Crippen molar-refractivity contribution in [1.82, 2.24) is 10.6 Å². The molecule has 1 aliphatic heterocycles. The lowest BCUT2D eigenvalue weighted by Gasteiger charge is -2.36. The van der Waals surface area contributed by atoms with Gasteiger partial charge in [0.15, 0.2) is 0 Å². The molecule has 2 rings (SSSR count). The Bertz CT molecular complexity index is 327. The monoisotopic (exact) mass is 320 g/mol. The van der Waals surface area contributed by atoms with Crippen LogP contribution in [0.2, 0.25) is 0 Å². The highest BCUT2D eigenvalue weighted by Crippen LogP contribution is 2.40. The Kier molecular flexibility index (Phi) is 7.40. The molecular formula is C15H29ClN2O3. The zero-order valence-electron chi connectivity index (χ0n) is 13.0. The van der Waals surface area contributed by atoms with Gasteiger partial charge in [0.2, 0.25) is 0 Å². The quantitative estimate of drug-likeness (QED) is 0.688. The van der Waals surface area contributed by atoms with E-state index in [1.54, 1.807) is 7.11 Å². The number of rotatable bonds is 6. The van der Waals surface area contributed by atoms with E-state index in [1.807, 2.05) is 0 Å². The van der Waals surface area contributed by atoms with Gasteiger partial charge < -0.3 is 20.5 Å². The number of ether oxygens (including phenoxy) is 1. The predicted octanol–water partition coefficient (Wildman–Crippen LogP) is 1.24. The first-order chi connectivity index (χ1) is 9.66. The second-order valence-electron chi connectivity index (χ2n) is 6.31. The number of nitrogens with one attached hydrogen (secondary N) is 2. The maximum absolute atomic E-state index is 12.5. The summed E-state index contributed by atoms with van der Waals surface area (Å²) < 4.78 is 5.55. The van der Waals surface area contributed by atoms with E-state index in [1.165, 1.54) is 12.8 Å². The summed E-state index contributed by atoms with van der Waals surface area (Å²) in [5.74, 6) is 0.0192. The number of amides is 1. The van der Waals surface area contributed by atoms with E-state index in [0.717, 1.165) is 45.2 Å². The molecule has 0 unspecified atom stereocenters. The molecule has 1 amide bonds. The standard InChI is InChI=1S/C15H28N2O3.ClH/c1-20-15(6-9-16-10-7-15)13(19)17-12-14(8-11-18)4-2-3-5-14;/h16,18H,2-12H2,1H3,(H,17,19);1H. The fourth-order valence-electron chi connectivity index (χ4n) is 3.66. The molecule has 2 fully saturated rings. The van der Waals surface area contributed by atoms with Crippen molar-refractivity contribution < 1.29 is 14.6 Å². The number of hydrogen-bond acceptors (Lipinski definition) is 4. The van der Waals surface area contributed by atoms with Gasteiger partial charge in [0.1, 0.15) is 5.60 Å². The van der Waals surface area contributed by atoms with Crippen molar-refractivity contribution in [3.05, 3.63) is 0 Å². The molecule has 6 heteroatoms. The van der Waals surface area contributed by atoms with Crippen LogP contribution in [-0.4, -0.2) is 50.0 Å². The largest absolute Gasteiger partial charge is 0.396 e. The first-order valence-electron chi connectivity index (χ1n) is 7.81. The van der Waals surface area contributed by atoms with Crippen LogP contribution in [0.5, 0.6) is 0 Å². The minimum Gasteiger partial charge on any atom is -0.396 e. The van der Waals surface area contributed by atoms with Gasteiger partial charge in [0.05, 0.1) is 0 Å². The van der Waals surface area contributed by atoms with Crippen LogP contribution >= 0.6 is 12.4 Å². The number of carbonyl (C=O) groups excluding carboxylic acids is 1. The van der Waals surface area contributed by atoms with Crippen LogP contribution in [0.25, 0.3) is 0 Å². The Morgan fingerprint density at radius 2 is 1.86 bits per heavy atom. The van der Waals surface area contributed by atoms with Crippen molar-refractivity contribution in [2.24, 2.45) is 5.41 Å². The molecule has 0 atom stereocenters. The van der Waals surface area contributed by atoms with Gasteiger partial charge in [-0.1, -0.05) is 12.8 Å². The van der Waals surface area contributed by atoms with E-state index >= 15 is 0 Å². The van der Waals surface area contributed by atoms with Crippen molar-refractivity contribution in [3.63, 3.8) is 0 Å². The third kappa shape index (κ3) is 4.31. The summed E-state index contributed by atoms with van der Waals surface area (Å²) in [4.78, 5) is 12.5. The van der Waals surface area contributed by atoms with Crippen LogP contribution in [-0.2, 0) is 9.53 Å². The summed E-state index contributed by atoms with van der Waals surface area (Å²) in [6.45, 7) is 2.52. The highest BCUT2D eigenvalue weighted by atomic mass is 35.5. The number of aliphatic hydroxyl groups is 1. The van der Waals surface area contributed by atoms with Crippen molar-refractivity contribution in [1.29, 1.82) is 0 Å². The fraction of sp³-hybridized carbons (Fsp3) is 0.933. The fourth-order valence-corrected chi connectivity index (χ4v) is 3.66. The molecule has 1 heterocycles. The Morgan fingerprint density at radius 1 is 1.24 bits per heavy atom. The van der Waals surface area contributed by atoms with Crippen LogP contribution in [0.3, 0.4) is 0 Å². The Labute approximate surface area is 133 Å². The number of halogens is 1. The highest BCUT2D eigenvalue weighted by Gasteiger charge is 2.41. The van der Waals surface area contributed by atoms with Crippen molar-refractivity contribution >= 4 is 18.3 Å². The summed E-state index contributed by atoms with van der Waals surface area (Å²) in [6, 6.07) is 0. The van der Waals surface area contributed by atoms with Crippen LogP contribution in [0, 0.1) is 5.41 Å². The van der Waals surface area contributed by atoms with Crippen molar-refractivity contribution in [2.75, 3.05) is 33.4 Å². The average molecular weight is 321 g/mol. The number of aliphatic hydroxyl groups excluding tert-OH is 1. The predicted molar refractivity (Wildman–Crippen MR) is 84.7 cm³/mol. The zero-order chi connectivity index (χ0) is 14.5. The molecule has 0 aromatic carbocycles. The van der Waals surface area contributed by atoms with E-state index in [-0.39, 0.29) is 30.3 Å². The molecule has 0 aromatic rings. The second kappa shape index (κ2) is 8.32. The lowest BCUT2D eigenvalue weighted by molar-refractivity contribution is -0.147. The normalized spacial score (nSPS) is 23.3. The molecule has 5 nitrogen and oxygen atoms in total. The smallest absolute Gasteiger partial charge is 0.252 e. The summed E-state index contributed by atoms with van der Waals surface area (Å²) >= 11 is 0. The highest BCUT2D eigenvalue weighted by molar-refractivity contribution is 5.85.